The Morgan fingerprint density at radius 3 is 2.42 bits per heavy atom. The highest BCUT2D eigenvalue weighted by Gasteiger charge is 2.10. The molecular weight excluding hydrogens is 236 g/mol. The third-order valence-corrected chi connectivity index (χ3v) is 3.20. The molecule has 4 heteroatoms. The van der Waals surface area contributed by atoms with Crippen LogP contribution in [0.15, 0.2) is 30.3 Å². The van der Waals surface area contributed by atoms with Crippen molar-refractivity contribution < 1.29 is 0 Å². The fourth-order valence-corrected chi connectivity index (χ4v) is 2.10. The Bertz CT molecular complexity index is 562. The molecule has 2 rings (SSSR count). The molecule has 1 aromatic carbocycles. The first-order valence-corrected chi connectivity index (χ1v) is 6.61. The van der Waals surface area contributed by atoms with Gasteiger partial charge in [-0.3, -0.25) is 0 Å². The highest BCUT2D eigenvalue weighted by molar-refractivity contribution is 5.67. The van der Waals surface area contributed by atoms with E-state index in [9.17, 15) is 0 Å². The first kappa shape index (κ1) is 13.3. The van der Waals surface area contributed by atoms with Gasteiger partial charge in [0, 0.05) is 24.7 Å². The Labute approximate surface area is 114 Å². The molecule has 100 valence electrons. The summed E-state index contributed by atoms with van der Waals surface area (Å²) in [5, 5.41) is 0. The molecule has 0 saturated carbocycles. The highest BCUT2D eigenvalue weighted by atomic mass is 15.2. The molecule has 0 aliphatic rings. The zero-order valence-electron chi connectivity index (χ0n) is 11.7. The molecule has 0 fully saturated rings. The Hall–Kier alpha value is -2.10. The minimum Gasteiger partial charge on any atom is -0.384 e. The summed E-state index contributed by atoms with van der Waals surface area (Å²) in [6.07, 6.45) is 0. The van der Waals surface area contributed by atoms with Crippen molar-refractivity contribution >= 4 is 11.8 Å². The zero-order chi connectivity index (χ0) is 13.8. The van der Waals surface area contributed by atoms with E-state index in [0.717, 1.165) is 24.3 Å². The Kier molecular flexibility index (Phi) is 4.00. The largest absolute Gasteiger partial charge is 0.384 e. The number of hydrogen-bond acceptors (Lipinski definition) is 4. The summed E-state index contributed by atoms with van der Waals surface area (Å²) in [4.78, 5) is 11.1. The van der Waals surface area contributed by atoms with Crippen LogP contribution in [0.1, 0.15) is 19.4 Å². The van der Waals surface area contributed by atoms with Crippen molar-refractivity contribution in [2.24, 2.45) is 0 Å². The molecule has 0 spiro atoms. The third kappa shape index (κ3) is 2.84. The van der Waals surface area contributed by atoms with Gasteiger partial charge in [-0.25, -0.2) is 4.98 Å². The maximum absolute atomic E-state index is 5.92. The molecule has 0 aliphatic carbocycles. The summed E-state index contributed by atoms with van der Waals surface area (Å²) >= 11 is 0. The second kappa shape index (κ2) is 5.69. The minimum absolute atomic E-state index is 0.509. The molecule has 0 radical (unpaired) electrons. The lowest BCUT2D eigenvalue weighted by atomic mass is 10.1. The molecule has 19 heavy (non-hydrogen) atoms. The van der Waals surface area contributed by atoms with Crippen molar-refractivity contribution in [2.75, 3.05) is 23.7 Å². The zero-order valence-corrected chi connectivity index (χ0v) is 11.7. The Balaban J connectivity index is 2.51. The molecule has 0 unspecified atom stereocenters. The van der Waals surface area contributed by atoms with Gasteiger partial charge in [-0.05, 0) is 26.3 Å². The molecule has 2 N–H and O–H groups in total. The average Bonchev–Trinajstić information content (AvgIpc) is 2.40. The topological polar surface area (TPSA) is 55.0 Å². The van der Waals surface area contributed by atoms with Crippen molar-refractivity contribution in [2.45, 2.75) is 20.8 Å². The number of nitrogens with zero attached hydrogens (tertiary/aromatic N) is 3. The summed E-state index contributed by atoms with van der Waals surface area (Å²) in [6.45, 7) is 7.98. The van der Waals surface area contributed by atoms with Crippen molar-refractivity contribution in [1.29, 1.82) is 0 Å². The van der Waals surface area contributed by atoms with Crippen LogP contribution in [-0.4, -0.2) is 23.1 Å². The lowest BCUT2D eigenvalue weighted by molar-refractivity contribution is 0.823. The maximum atomic E-state index is 5.92. The Morgan fingerprint density at radius 1 is 1.11 bits per heavy atom. The fraction of sp³-hybridized carbons (Fsp3) is 0.333. The van der Waals surface area contributed by atoms with Gasteiger partial charge in [-0.1, -0.05) is 24.3 Å². The molecule has 1 aromatic heterocycles. The highest BCUT2D eigenvalue weighted by Crippen LogP contribution is 2.24. The van der Waals surface area contributed by atoms with Crippen LogP contribution in [-0.2, 0) is 0 Å². The van der Waals surface area contributed by atoms with Crippen LogP contribution in [0.5, 0.6) is 0 Å². The van der Waals surface area contributed by atoms with Gasteiger partial charge >= 0.3 is 0 Å². The minimum atomic E-state index is 0.509. The lowest BCUT2D eigenvalue weighted by Crippen LogP contribution is -2.24. The fourth-order valence-electron chi connectivity index (χ4n) is 2.10. The number of rotatable bonds is 4. The summed E-state index contributed by atoms with van der Waals surface area (Å²) in [7, 11) is 0. The monoisotopic (exact) mass is 256 g/mol. The predicted molar refractivity (Wildman–Crippen MR) is 80.2 cm³/mol. The molecule has 0 aliphatic heterocycles. The van der Waals surface area contributed by atoms with Gasteiger partial charge in [-0.15, -0.1) is 0 Å². The van der Waals surface area contributed by atoms with Crippen LogP contribution in [0.4, 0.5) is 11.8 Å². The van der Waals surface area contributed by atoms with Crippen molar-refractivity contribution in [1.82, 2.24) is 9.97 Å². The van der Waals surface area contributed by atoms with Gasteiger partial charge < -0.3 is 10.6 Å². The summed E-state index contributed by atoms with van der Waals surface area (Å²) in [6, 6.07) is 10.00. The van der Waals surface area contributed by atoms with Gasteiger partial charge in [0.25, 0.3) is 0 Å². The average molecular weight is 256 g/mol. The van der Waals surface area contributed by atoms with E-state index in [1.165, 1.54) is 5.56 Å². The second-order valence-electron chi connectivity index (χ2n) is 4.47. The van der Waals surface area contributed by atoms with E-state index < -0.39 is 0 Å². The quantitative estimate of drug-likeness (QED) is 0.914. The molecule has 0 atom stereocenters. The second-order valence-corrected chi connectivity index (χ2v) is 4.47. The Morgan fingerprint density at radius 2 is 1.79 bits per heavy atom. The van der Waals surface area contributed by atoms with E-state index in [2.05, 4.69) is 47.8 Å². The molecule has 4 nitrogen and oxygen atoms in total. The third-order valence-electron chi connectivity index (χ3n) is 3.20. The van der Waals surface area contributed by atoms with Crippen LogP contribution in [0, 0.1) is 6.92 Å². The number of nitrogens with two attached hydrogens (primary N) is 1. The van der Waals surface area contributed by atoms with Crippen LogP contribution >= 0.6 is 0 Å². The van der Waals surface area contributed by atoms with Gasteiger partial charge in [0.15, 0.2) is 0 Å². The van der Waals surface area contributed by atoms with Gasteiger partial charge in [-0.2, -0.15) is 4.98 Å². The number of aryl methyl sites for hydroxylation is 1. The molecule has 0 amide bonds. The van der Waals surface area contributed by atoms with Crippen molar-refractivity contribution in [3.63, 3.8) is 0 Å². The van der Waals surface area contributed by atoms with Gasteiger partial charge in [0.05, 0.1) is 5.69 Å². The van der Waals surface area contributed by atoms with Crippen LogP contribution in [0.3, 0.4) is 0 Å². The maximum Gasteiger partial charge on any atom is 0.227 e. The van der Waals surface area contributed by atoms with E-state index in [4.69, 9.17) is 5.73 Å². The smallest absolute Gasteiger partial charge is 0.227 e. The van der Waals surface area contributed by atoms with Crippen LogP contribution in [0.25, 0.3) is 11.3 Å². The summed E-state index contributed by atoms with van der Waals surface area (Å²) < 4.78 is 0. The summed E-state index contributed by atoms with van der Waals surface area (Å²) in [5.41, 5.74) is 9.09. The molecule has 0 saturated heterocycles. The van der Waals surface area contributed by atoms with E-state index in [1.54, 1.807) is 0 Å². The van der Waals surface area contributed by atoms with Gasteiger partial charge in [0.1, 0.15) is 5.82 Å². The lowest BCUT2D eigenvalue weighted by Gasteiger charge is -2.19. The SMILES string of the molecule is CCN(CC)c1nc(N)cc(-c2ccccc2C)n1. The predicted octanol–water partition coefficient (Wildman–Crippen LogP) is 2.88. The van der Waals surface area contributed by atoms with E-state index in [-0.39, 0.29) is 0 Å². The van der Waals surface area contributed by atoms with Crippen LogP contribution in [0.2, 0.25) is 0 Å². The van der Waals surface area contributed by atoms with Gasteiger partial charge in [0.2, 0.25) is 5.95 Å². The molecule has 2 aromatic rings. The standard InChI is InChI=1S/C15H20N4/c1-4-19(5-2)15-17-13(10-14(16)18-15)12-9-7-6-8-11(12)3/h6-10H,4-5H2,1-3H3,(H2,16,17,18). The molecule has 1 heterocycles. The number of hydrogen-bond donors (Lipinski definition) is 1. The van der Waals surface area contributed by atoms with E-state index in [1.807, 2.05) is 18.2 Å². The normalized spacial score (nSPS) is 10.5. The number of nitrogen functional groups attached to an aromatic ring is 1. The van der Waals surface area contributed by atoms with E-state index in [0.29, 0.717) is 11.8 Å². The molecular formula is C15H20N4. The first-order chi connectivity index (χ1) is 9.15. The molecule has 0 bridgehead atoms. The van der Waals surface area contributed by atoms with Crippen molar-refractivity contribution in [3.05, 3.63) is 35.9 Å². The summed E-state index contributed by atoms with van der Waals surface area (Å²) in [5.74, 6) is 1.21. The number of aromatic nitrogens is 2. The number of anilines is 2. The number of benzene rings is 1. The van der Waals surface area contributed by atoms with Crippen molar-refractivity contribution in [3.8, 4) is 11.3 Å². The van der Waals surface area contributed by atoms with E-state index >= 15 is 0 Å². The first-order valence-electron chi connectivity index (χ1n) is 6.61. The van der Waals surface area contributed by atoms with Crippen LogP contribution < -0.4 is 10.6 Å².